The number of sulfonamides is 1. The lowest BCUT2D eigenvalue weighted by atomic mass is 10.2. The standard InChI is InChI=1S/C16H28N4O2S2/c1-14-6-8-15(9-7-14)24(21,22)20-12-11-19-16(17-2)18-10-4-5-13-23-3/h6-9,20H,4-5,10-13H2,1-3H3,(H2,17,18,19). The van der Waals surface area contributed by atoms with E-state index in [1.54, 1.807) is 31.3 Å². The van der Waals surface area contributed by atoms with Crippen LogP contribution in [0.1, 0.15) is 18.4 Å². The molecule has 0 aliphatic heterocycles. The van der Waals surface area contributed by atoms with Crippen LogP contribution in [0.25, 0.3) is 0 Å². The molecule has 0 aliphatic rings. The van der Waals surface area contributed by atoms with Gasteiger partial charge in [-0.15, -0.1) is 0 Å². The lowest BCUT2D eigenvalue weighted by molar-refractivity contribution is 0.580. The molecule has 6 nitrogen and oxygen atoms in total. The van der Waals surface area contributed by atoms with Crippen molar-refractivity contribution in [3.8, 4) is 0 Å². The molecule has 1 aromatic rings. The molecular formula is C16H28N4O2S2. The highest BCUT2D eigenvalue weighted by atomic mass is 32.2. The number of aliphatic imine (C=N–C) groups is 1. The zero-order valence-electron chi connectivity index (χ0n) is 14.6. The molecule has 1 aromatic carbocycles. The van der Waals surface area contributed by atoms with Gasteiger partial charge in [-0.2, -0.15) is 11.8 Å². The summed E-state index contributed by atoms with van der Waals surface area (Å²) in [6, 6.07) is 6.80. The molecule has 0 spiro atoms. The molecule has 0 aliphatic carbocycles. The maximum atomic E-state index is 12.1. The van der Waals surface area contributed by atoms with Gasteiger partial charge in [0.25, 0.3) is 0 Å². The number of thioether (sulfide) groups is 1. The molecule has 0 heterocycles. The first-order valence-corrected chi connectivity index (χ1v) is 10.9. The molecule has 24 heavy (non-hydrogen) atoms. The molecule has 1 rings (SSSR count). The van der Waals surface area contributed by atoms with Crippen LogP contribution >= 0.6 is 11.8 Å². The highest BCUT2D eigenvalue weighted by Crippen LogP contribution is 2.09. The minimum absolute atomic E-state index is 0.282. The summed E-state index contributed by atoms with van der Waals surface area (Å²) in [4.78, 5) is 4.40. The van der Waals surface area contributed by atoms with E-state index in [1.165, 1.54) is 6.42 Å². The Morgan fingerprint density at radius 3 is 2.38 bits per heavy atom. The SMILES string of the molecule is CN=C(NCCCCSC)NCCNS(=O)(=O)c1ccc(C)cc1. The maximum absolute atomic E-state index is 12.1. The summed E-state index contributed by atoms with van der Waals surface area (Å²) >= 11 is 1.85. The Balaban J connectivity index is 2.29. The van der Waals surface area contributed by atoms with Gasteiger partial charge in [-0.3, -0.25) is 4.99 Å². The van der Waals surface area contributed by atoms with E-state index in [9.17, 15) is 8.42 Å². The van der Waals surface area contributed by atoms with Crippen molar-refractivity contribution in [1.82, 2.24) is 15.4 Å². The first kappa shape index (κ1) is 20.8. The van der Waals surface area contributed by atoms with E-state index >= 15 is 0 Å². The second-order valence-corrected chi connectivity index (χ2v) is 8.09. The van der Waals surface area contributed by atoms with Gasteiger partial charge in [0.1, 0.15) is 0 Å². The molecule has 0 amide bonds. The van der Waals surface area contributed by atoms with Crippen LogP contribution in [0.4, 0.5) is 0 Å². The number of benzene rings is 1. The Morgan fingerprint density at radius 1 is 1.08 bits per heavy atom. The predicted octanol–water partition coefficient (Wildman–Crippen LogP) is 1.58. The smallest absolute Gasteiger partial charge is 0.240 e. The van der Waals surface area contributed by atoms with Gasteiger partial charge in [0.15, 0.2) is 5.96 Å². The molecule has 0 atom stereocenters. The van der Waals surface area contributed by atoms with Crippen molar-refractivity contribution in [2.75, 3.05) is 38.7 Å². The van der Waals surface area contributed by atoms with E-state index in [4.69, 9.17) is 0 Å². The number of nitrogens with one attached hydrogen (secondary N) is 3. The van der Waals surface area contributed by atoms with E-state index in [-0.39, 0.29) is 4.90 Å². The molecule has 0 unspecified atom stereocenters. The Morgan fingerprint density at radius 2 is 1.75 bits per heavy atom. The van der Waals surface area contributed by atoms with E-state index in [2.05, 4.69) is 26.6 Å². The van der Waals surface area contributed by atoms with Crippen molar-refractivity contribution in [2.45, 2.75) is 24.7 Å². The lowest BCUT2D eigenvalue weighted by Gasteiger charge is -2.12. The highest BCUT2D eigenvalue weighted by molar-refractivity contribution is 7.98. The van der Waals surface area contributed by atoms with E-state index in [0.29, 0.717) is 19.0 Å². The third kappa shape index (κ3) is 8.03. The molecular weight excluding hydrogens is 344 g/mol. The van der Waals surface area contributed by atoms with Crippen LogP contribution in [-0.4, -0.2) is 53.1 Å². The zero-order chi connectivity index (χ0) is 17.8. The maximum Gasteiger partial charge on any atom is 0.240 e. The summed E-state index contributed by atoms with van der Waals surface area (Å²) < 4.78 is 26.9. The first-order valence-electron chi connectivity index (χ1n) is 7.99. The minimum atomic E-state index is -3.46. The molecule has 0 saturated heterocycles. The van der Waals surface area contributed by atoms with Gasteiger partial charge < -0.3 is 10.6 Å². The molecule has 0 fully saturated rings. The topological polar surface area (TPSA) is 82.6 Å². The Bertz CT molecular complexity index is 601. The number of aryl methyl sites for hydroxylation is 1. The zero-order valence-corrected chi connectivity index (χ0v) is 16.3. The van der Waals surface area contributed by atoms with Crippen molar-refractivity contribution in [3.05, 3.63) is 29.8 Å². The van der Waals surface area contributed by atoms with Crippen molar-refractivity contribution in [1.29, 1.82) is 0 Å². The number of rotatable bonds is 10. The van der Waals surface area contributed by atoms with Gasteiger partial charge in [-0.25, -0.2) is 13.1 Å². The minimum Gasteiger partial charge on any atom is -0.356 e. The predicted molar refractivity (Wildman–Crippen MR) is 103 cm³/mol. The van der Waals surface area contributed by atoms with Crippen molar-refractivity contribution >= 4 is 27.7 Å². The fourth-order valence-electron chi connectivity index (χ4n) is 1.97. The average molecular weight is 373 g/mol. The normalized spacial score (nSPS) is 12.2. The van der Waals surface area contributed by atoms with Crippen molar-refractivity contribution in [2.24, 2.45) is 4.99 Å². The third-order valence-corrected chi connectivity index (χ3v) is 5.51. The summed E-state index contributed by atoms with van der Waals surface area (Å²) in [6.45, 7) is 3.54. The van der Waals surface area contributed by atoms with Gasteiger partial charge in [0, 0.05) is 26.7 Å². The monoisotopic (exact) mass is 372 g/mol. The number of unbranched alkanes of at least 4 members (excludes halogenated alkanes) is 1. The van der Waals surface area contributed by atoms with E-state index < -0.39 is 10.0 Å². The molecule has 0 radical (unpaired) electrons. The van der Waals surface area contributed by atoms with Gasteiger partial charge >= 0.3 is 0 Å². The van der Waals surface area contributed by atoms with Crippen LogP contribution in [0.2, 0.25) is 0 Å². The van der Waals surface area contributed by atoms with Crippen LogP contribution in [-0.2, 0) is 10.0 Å². The van der Waals surface area contributed by atoms with Crippen molar-refractivity contribution in [3.63, 3.8) is 0 Å². The first-order chi connectivity index (χ1) is 11.5. The Labute approximate surface area is 150 Å². The Kier molecular flexibility index (Phi) is 9.82. The molecule has 0 aromatic heterocycles. The number of hydrogen-bond acceptors (Lipinski definition) is 4. The van der Waals surface area contributed by atoms with E-state index in [0.717, 1.165) is 24.3 Å². The summed E-state index contributed by atoms with van der Waals surface area (Å²) in [5.41, 5.74) is 1.03. The number of nitrogens with zero attached hydrogens (tertiary/aromatic N) is 1. The summed E-state index contributed by atoms with van der Waals surface area (Å²) in [6.07, 6.45) is 4.36. The second kappa shape index (κ2) is 11.3. The fourth-order valence-corrected chi connectivity index (χ4v) is 3.49. The molecule has 3 N–H and O–H groups in total. The number of hydrogen-bond donors (Lipinski definition) is 3. The van der Waals surface area contributed by atoms with Crippen LogP contribution in [0.15, 0.2) is 34.2 Å². The Hall–Kier alpha value is -1.25. The molecule has 0 bridgehead atoms. The summed E-state index contributed by atoms with van der Waals surface area (Å²) in [5, 5.41) is 6.32. The van der Waals surface area contributed by atoms with Crippen LogP contribution in [0.5, 0.6) is 0 Å². The number of guanidine groups is 1. The quantitative estimate of drug-likeness (QED) is 0.330. The molecule has 0 saturated carbocycles. The third-order valence-electron chi connectivity index (χ3n) is 3.33. The van der Waals surface area contributed by atoms with Gasteiger partial charge in [-0.05, 0) is 43.9 Å². The van der Waals surface area contributed by atoms with Crippen LogP contribution < -0.4 is 15.4 Å². The van der Waals surface area contributed by atoms with Crippen LogP contribution in [0, 0.1) is 6.92 Å². The summed E-state index contributed by atoms with van der Waals surface area (Å²) in [5.74, 6) is 1.85. The molecule has 136 valence electrons. The van der Waals surface area contributed by atoms with Crippen LogP contribution in [0.3, 0.4) is 0 Å². The average Bonchev–Trinajstić information content (AvgIpc) is 2.57. The van der Waals surface area contributed by atoms with Gasteiger partial charge in [-0.1, -0.05) is 17.7 Å². The van der Waals surface area contributed by atoms with Gasteiger partial charge in [0.2, 0.25) is 10.0 Å². The van der Waals surface area contributed by atoms with Crippen molar-refractivity contribution < 1.29 is 8.42 Å². The van der Waals surface area contributed by atoms with E-state index in [1.807, 2.05) is 18.7 Å². The van der Waals surface area contributed by atoms with Gasteiger partial charge in [0.05, 0.1) is 4.90 Å². The molecule has 8 heteroatoms. The second-order valence-electron chi connectivity index (χ2n) is 5.34. The lowest BCUT2D eigenvalue weighted by Crippen LogP contribution is -2.41. The fraction of sp³-hybridized carbons (Fsp3) is 0.562. The largest absolute Gasteiger partial charge is 0.356 e. The summed E-state index contributed by atoms with van der Waals surface area (Å²) in [7, 11) is -1.76. The highest BCUT2D eigenvalue weighted by Gasteiger charge is 2.12.